The third-order valence-corrected chi connectivity index (χ3v) is 4.08. The van der Waals surface area contributed by atoms with Gasteiger partial charge in [0.1, 0.15) is 5.01 Å². The largest absolute Gasteiger partial charge is 0.370 e. The van der Waals surface area contributed by atoms with Crippen LogP contribution in [0.15, 0.2) is 22.9 Å². The van der Waals surface area contributed by atoms with Crippen LogP contribution in [0.25, 0.3) is 0 Å². The Morgan fingerprint density at radius 3 is 2.94 bits per heavy atom. The Bertz CT molecular complexity index is 451. The van der Waals surface area contributed by atoms with Crippen molar-refractivity contribution in [1.29, 1.82) is 0 Å². The second-order valence-corrected chi connectivity index (χ2v) is 6.32. The lowest BCUT2D eigenvalue weighted by molar-refractivity contribution is 0.107. The Labute approximate surface area is 116 Å². The van der Waals surface area contributed by atoms with Crippen LogP contribution in [0.2, 0.25) is 0 Å². The molecule has 0 aromatic carbocycles. The van der Waals surface area contributed by atoms with Gasteiger partial charge in [-0.1, -0.05) is 19.9 Å². The molecule has 3 nitrogen and oxygen atoms in total. The monoisotopic (exact) mass is 282 g/mol. The van der Waals surface area contributed by atoms with Gasteiger partial charge in [-0.15, -0.1) is 22.7 Å². The predicted molar refractivity (Wildman–Crippen MR) is 76.9 cm³/mol. The normalized spacial score (nSPS) is 11.3. The van der Waals surface area contributed by atoms with E-state index in [4.69, 9.17) is 4.74 Å². The van der Waals surface area contributed by atoms with Gasteiger partial charge in [0.15, 0.2) is 0 Å². The summed E-state index contributed by atoms with van der Waals surface area (Å²) in [7, 11) is 0. The van der Waals surface area contributed by atoms with Crippen LogP contribution in [0.1, 0.15) is 29.4 Å². The van der Waals surface area contributed by atoms with Gasteiger partial charge in [0.2, 0.25) is 0 Å². The molecule has 0 saturated heterocycles. The van der Waals surface area contributed by atoms with Crippen LogP contribution >= 0.6 is 22.7 Å². The molecule has 0 saturated carbocycles. The van der Waals surface area contributed by atoms with Crippen molar-refractivity contribution in [2.24, 2.45) is 0 Å². The van der Waals surface area contributed by atoms with Crippen LogP contribution < -0.4 is 5.32 Å². The second-order valence-electron chi connectivity index (χ2n) is 4.34. The summed E-state index contributed by atoms with van der Waals surface area (Å²) in [5.41, 5.74) is 1.03. The van der Waals surface area contributed by atoms with Gasteiger partial charge in [0.25, 0.3) is 0 Å². The molecular formula is C13H18N2OS2. The number of rotatable bonds is 7. The van der Waals surface area contributed by atoms with Crippen LogP contribution in [0, 0.1) is 0 Å². The van der Waals surface area contributed by atoms with Gasteiger partial charge in [0, 0.05) is 22.8 Å². The highest BCUT2D eigenvalue weighted by atomic mass is 32.1. The van der Waals surface area contributed by atoms with E-state index in [0.29, 0.717) is 19.3 Å². The maximum atomic E-state index is 5.64. The summed E-state index contributed by atoms with van der Waals surface area (Å²) < 4.78 is 5.64. The van der Waals surface area contributed by atoms with Crippen molar-refractivity contribution in [1.82, 2.24) is 10.3 Å². The lowest BCUT2D eigenvalue weighted by atomic mass is 10.4. The molecule has 0 amide bonds. The first-order chi connectivity index (χ1) is 8.74. The smallest absolute Gasteiger partial charge is 0.107 e. The van der Waals surface area contributed by atoms with Crippen molar-refractivity contribution in [3.63, 3.8) is 0 Å². The van der Waals surface area contributed by atoms with E-state index < -0.39 is 0 Å². The van der Waals surface area contributed by atoms with Gasteiger partial charge >= 0.3 is 0 Å². The summed E-state index contributed by atoms with van der Waals surface area (Å²) in [6.07, 6.45) is 0. The van der Waals surface area contributed by atoms with Crippen LogP contribution in [-0.4, -0.2) is 11.0 Å². The molecule has 0 atom stereocenters. The van der Waals surface area contributed by atoms with E-state index >= 15 is 0 Å². The second kappa shape index (κ2) is 6.99. The molecule has 0 aliphatic rings. The number of hydrogen-bond acceptors (Lipinski definition) is 5. The lowest BCUT2D eigenvalue weighted by Gasteiger charge is -2.04. The molecule has 0 bridgehead atoms. The average molecular weight is 282 g/mol. The lowest BCUT2D eigenvalue weighted by Crippen LogP contribution is -2.21. The minimum absolute atomic E-state index is 0.493. The molecule has 0 unspecified atom stereocenters. The van der Waals surface area contributed by atoms with Crippen molar-refractivity contribution in [3.05, 3.63) is 38.5 Å². The summed E-state index contributed by atoms with van der Waals surface area (Å²) >= 11 is 3.41. The molecule has 98 valence electrons. The van der Waals surface area contributed by atoms with Crippen LogP contribution in [-0.2, 0) is 24.5 Å². The zero-order valence-electron chi connectivity index (χ0n) is 10.7. The van der Waals surface area contributed by atoms with Crippen LogP contribution in [0.5, 0.6) is 0 Å². The van der Waals surface area contributed by atoms with Gasteiger partial charge in [-0.2, -0.15) is 0 Å². The van der Waals surface area contributed by atoms with Crippen molar-refractivity contribution in [2.75, 3.05) is 0 Å². The van der Waals surface area contributed by atoms with E-state index in [1.165, 1.54) is 4.88 Å². The molecule has 1 N–H and O–H groups in total. The first-order valence-corrected chi connectivity index (χ1v) is 7.77. The number of thiazole rings is 1. The first-order valence-electron chi connectivity index (χ1n) is 6.01. The highest BCUT2D eigenvalue weighted by molar-refractivity contribution is 7.10. The minimum atomic E-state index is 0.493. The van der Waals surface area contributed by atoms with Gasteiger partial charge in [0.05, 0.1) is 18.9 Å². The maximum absolute atomic E-state index is 5.64. The Hall–Kier alpha value is -0.750. The molecule has 2 aromatic heterocycles. The molecule has 2 heterocycles. The van der Waals surface area contributed by atoms with Crippen molar-refractivity contribution < 1.29 is 4.74 Å². The zero-order valence-corrected chi connectivity index (χ0v) is 12.3. The Kier molecular flexibility index (Phi) is 5.31. The highest BCUT2D eigenvalue weighted by Crippen LogP contribution is 2.13. The predicted octanol–water partition coefficient (Wildman–Crippen LogP) is 3.42. The van der Waals surface area contributed by atoms with Gasteiger partial charge in [-0.05, 0) is 11.4 Å². The summed E-state index contributed by atoms with van der Waals surface area (Å²) in [6, 6.07) is 4.62. The number of aromatic nitrogens is 1. The average Bonchev–Trinajstić information content (AvgIpc) is 2.97. The van der Waals surface area contributed by atoms with Gasteiger partial charge < -0.3 is 10.1 Å². The van der Waals surface area contributed by atoms with Gasteiger partial charge in [-0.3, -0.25) is 0 Å². The fourth-order valence-electron chi connectivity index (χ4n) is 1.44. The first kappa shape index (κ1) is 13.7. The molecular weight excluding hydrogens is 264 g/mol. The molecule has 2 rings (SSSR count). The quantitative estimate of drug-likeness (QED) is 0.845. The number of nitrogens with zero attached hydrogens (tertiary/aromatic N) is 1. The van der Waals surface area contributed by atoms with E-state index in [2.05, 4.69) is 41.0 Å². The summed E-state index contributed by atoms with van der Waals surface area (Å²) in [5.74, 6) is 0. The van der Waals surface area contributed by atoms with Crippen molar-refractivity contribution >= 4 is 22.7 Å². The summed E-state index contributed by atoms with van der Waals surface area (Å²) in [6.45, 7) is 6.38. The molecule has 2 aromatic rings. The topological polar surface area (TPSA) is 34.2 Å². The Balaban J connectivity index is 1.73. The number of thiophene rings is 1. The third kappa shape index (κ3) is 4.49. The highest BCUT2D eigenvalue weighted by Gasteiger charge is 2.03. The number of ether oxygens (including phenoxy) is 1. The fourth-order valence-corrected chi connectivity index (χ4v) is 2.81. The number of hydrogen-bond donors (Lipinski definition) is 1. The van der Waals surface area contributed by atoms with E-state index in [-0.39, 0.29) is 0 Å². The maximum Gasteiger partial charge on any atom is 0.107 e. The zero-order chi connectivity index (χ0) is 12.8. The molecule has 5 heteroatoms. The van der Waals surface area contributed by atoms with Crippen molar-refractivity contribution in [2.45, 2.75) is 39.6 Å². The standard InChI is InChI=1S/C13H18N2OS2/c1-10(2)14-6-13-15-11(9-18-13)7-16-8-12-4-3-5-17-12/h3-5,9-10,14H,6-8H2,1-2H3. The van der Waals surface area contributed by atoms with Crippen LogP contribution in [0.3, 0.4) is 0 Å². The Morgan fingerprint density at radius 2 is 2.22 bits per heavy atom. The molecule has 0 aliphatic carbocycles. The van der Waals surface area contributed by atoms with Gasteiger partial charge in [-0.25, -0.2) is 4.98 Å². The van der Waals surface area contributed by atoms with E-state index in [9.17, 15) is 0 Å². The minimum Gasteiger partial charge on any atom is -0.370 e. The van der Waals surface area contributed by atoms with Crippen LogP contribution in [0.4, 0.5) is 0 Å². The third-order valence-electron chi connectivity index (χ3n) is 2.34. The summed E-state index contributed by atoms with van der Waals surface area (Å²) in [4.78, 5) is 5.79. The van der Waals surface area contributed by atoms with E-state index in [1.807, 2.05) is 6.07 Å². The van der Waals surface area contributed by atoms with E-state index in [1.54, 1.807) is 22.7 Å². The molecule has 0 radical (unpaired) electrons. The van der Waals surface area contributed by atoms with E-state index in [0.717, 1.165) is 17.2 Å². The number of nitrogens with one attached hydrogen (secondary N) is 1. The molecule has 18 heavy (non-hydrogen) atoms. The fraction of sp³-hybridized carbons (Fsp3) is 0.462. The summed E-state index contributed by atoms with van der Waals surface area (Å²) in [5, 5.41) is 8.63. The molecule has 0 spiro atoms. The van der Waals surface area contributed by atoms with Crippen molar-refractivity contribution in [3.8, 4) is 0 Å². The SMILES string of the molecule is CC(C)NCc1nc(COCc2cccs2)cs1. The Morgan fingerprint density at radius 1 is 1.33 bits per heavy atom. The molecule has 0 aliphatic heterocycles. The molecule has 0 fully saturated rings.